The van der Waals surface area contributed by atoms with E-state index in [2.05, 4.69) is 117 Å². The molecule has 51 heavy (non-hydrogen) atoms. The van der Waals surface area contributed by atoms with Crippen LogP contribution in [0.1, 0.15) is 74.6 Å². The smallest absolute Gasteiger partial charge is 0.164 e. The summed E-state index contributed by atoms with van der Waals surface area (Å²) in [5.41, 5.74) is 12.3. The van der Waals surface area contributed by atoms with Gasteiger partial charge in [0, 0.05) is 22.1 Å². The predicted octanol–water partition coefficient (Wildman–Crippen LogP) is 11.2. The molecule has 0 spiro atoms. The zero-order valence-corrected chi connectivity index (χ0v) is 29.2. The molecule has 0 aliphatic heterocycles. The number of fused-ring (bicyclic) bond motifs is 3. The van der Waals surface area contributed by atoms with Gasteiger partial charge in [0.1, 0.15) is 0 Å². The highest BCUT2D eigenvalue weighted by Gasteiger charge is 2.51. The Bertz CT molecular complexity index is 2350. The summed E-state index contributed by atoms with van der Waals surface area (Å²) in [5, 5.41) is 9.63. The number of nitrogens with zero attached hydrogens (tertiary/aromatic N) is 4. The van der Waals surface area contributed by atoms with E-state index in [1.54, 1.807) is 0 Å². The number of benzene rings is 5. The lowest BCUT2D eigenvalue weighted by molar-refractivity contribution is -0.00518. The van der Waals surface area contributed by atoms with E-state index in [1.807, 2.05) is 18.2 Å². The van der Waals surface area contributed by atoms with Crippen molar-refractivity contribution in [2.75, 3.05) is 0 Å². The summed E-state index contributed by atoms with van der Waals surface area (Å²) in [4.78, 5) is 15.5. The second-order valence-corrected chi connectivity index (χ2v) is 16.3. The summed E-state index contributed by atoms with van der Waals surface area (Å²) >= 11 is 0. The van der Waals surface area contributed by atoms with Crippen LogP contribution < -0.4 is 0 Å². The fourth-order valence-electron chi connectivity index (χ4n) is 10.6. The molecule has 4 fully saturated rings. The van der Waals surface area contributed by atoms with Crippen molar-refractivity contribution in [1.82, 2.24) is 15.0 Å². The van der Waals surface area contributed by atoms with Crippen LogP contribution in [0.5, 0.6) is 0 Å². The second kappa shape index (κ2) is 11.3. The number of hydrogen-bond acceptors (Lipinski definition) is 4. The van der Waals surface area contributed by atoms with Crippen LogP contribution in [0, 0.1) is 29.1 Å². The van der Waals surface area contributed by atoms with Crippen LogP contribution >= 0.6 is 0 Å². The summed E-state index contributed by atoms with van der Waals surface area (Å²) in [6.45, 7) is 4.48. The molecule has 4 heteroatoms. The molecular weight excluding hydrogens is 621 g/mol. The van der Waals surface area contributed by atoms with Crippen molar-refractivity contribution in [3.05, 3.63) is 138 Å². The van der Waals surface area contributed by atoms with Gasteiger partial charge in [-0.2, -0.15) is 5.26 Å². The first-order valence-corrected chi connectivity index (χ1v) is 18.6. The van der Waals surface area contributed by atoms with Gasteiger partial charge in [-0.05, 0) is 125 Å². The van der Waals surface area contributed by atoms with Gasteiger partial charge < -0.3 is 0 Å². The van der Waals surface area contributed by atoms with Crippen LogP contribution in [-0.2, 0) is 10.8 Å². The van der Waals surface area contributed by atoms with E-state index in [0.717, 1.165) is 45.6 Å². The lowest BCUT2D eigenvalue weighted by Crippen LogP contribution is -2.48. The third-order valence-electron chi connectivity index (χ3n) is 12.7. The molecule has 4 nitrogen and oxygen atoms in total. The van der Waals surface area contributed by atoms with E-state index in [9.17, 15) is 5.26 Å². The minimum absolute atomic E-state index is 0.207. The van der Waals surface area contributed by atoms with Crippen molar-refractivity contribution in [1.29, 1.82) is 5.26 Å². The van der Waals surface area contributed by atoms with Crippen molar-refractivity contribution in [3.8, 4) is 62.5 Å². The molecule has 0 unspecified atom stereocenters. The normalized spacial score (nSPS) is 23.4. The maximum absolute atomic E-state index is 9.63. The Balaban J connectivity index is 1.09. The minimum atomic E-state index is -0.207. The van der Waals surface area contributed by atoms with Crippen LogP contribution in [0.4, 0.5) is 0 Å². The minimum Gasteiger partial charge on any atom is -0.208 e. The second-order valence-electron chi connectivity index (χ2n) is 16.3. The van der Waals surface area contributed by atoms with Gasteiger partial charge in [0.2, 0.25) is 0 Å². The van der Waals surface area contributed by atoms with Crippen molar-refractivity contribution >= 4 is 0 Å². The highest BCUT2D eigenvalue weighted by molar-refractivity contribution is 5.84. The highest BCUT2D eigenvalue weighted by Crippen LogP contribution is 2.60. The van der Waals surface area contributed by atoms with Gasteiger partial charge in [0.05, 0.1) is 11.6 Å². The Hall–Kier alpha value is -5.40. The van der Waals surface area contributed by atoms with E-state index in [0.29, 0.717) is 28.5 Å². The molecule has 4 bridgehead atoms. The molecule has 5 aliphatic rings. The molecule has 6 aromatic rings. The van der Waals surface area contributed by atoms with Crippen LogP contribution in [0.2, 0.25) is 0 Å². The first kappa shape index (κ1) is 30.4. The molecule has 0 radical (unpaired) electrons. The monoisotopic (exact) mass is 660 g/mol. The molecule has 1 aromatic heterocycles. The van der Waals surface area contributed by atoms with E-state index >= 15 is 0 Å². The third kappa shape index (κ3) is 4.97. The molecule has 5 aromatic carbocycles. The third-order valence-corrected chi connectivity index (χ3v) is 12.7. The van der Waals surface area contributed by atoms with Crippen LogP contribution in [0.15, 0.2) is 115 Å². The average Bonchev–Trinajstić information content (AvgIpc) is 3.39. The topological polar surface area (TPSA) is 62.5 Å². The first-order chi connectivity index (χ1) is 24.8. The van der Waals surface area contributed by atoms with Gasteiger partial charge in [-0.25, -0.2) is 15.0 Å². The van der Waals surface area contributed by atoms with Crippen molar-refractivity contribution in [2.24, 2.45) is 17.8 Å². The van der Waals surface area contributed by atoms with E-state index in [-0.39, 0.29) is 5.41 Å². The summed E-state index contributed by atoms with van der Waals surface area (Å²) in [6.07, 6.45) is 8.41. The Morgan fingerprint density at radius 2 is 1.12 bits per heavy atom. The SMILES string of the molecule is CC1(C)c2ccc(-c3nc(-c4ccc(C56C[C@H]7C[C@@H](C5)C[C@@H](C6)C7)cc4)nc(-c4cccc(-c5ccccc5)c4)n3)cc2-c2ccc(C#N)cc21. The molecule has 0 amide bonds. The molecule has 0 saturated heterocycles. The van der Waals surface area contributed by atoms with E-state index < -0.39 is 0 Å². The first-order valence-electron chi connectivity index (χ1n) is 18.6. The lowest BCUT2D eigenvalue weighted by atomic mass is 9.48. The Morgan fingerprint density at radius 1 is 0.529 bits per heavy atom. The number of rotatable bonds is 5. The molecular formula is C47H40N4. The lowest BCUT2D eigenvalue weighted by Gasteiger charge is -2.57. The van der Waals surface area contributed by atoms with Crippen molar-refractivity contribution in [3.63, 3.8) is 0 Å². The molecule has 11 rings (SSSR count). The summed E-state index contributed by atoms with van der Waals surface area (Å²) in [7, 11) is 0. The molecule has 0 atom stereocenters. The molecule has 4 saturated carbocycles. The quantitative estimate of drug-likeness (QED) is 0.185. The number of aromatic nitrogens is 3. The standard InChI is InChI=1S/C47H40N4/c1-46(2)41-18-14-37(24-40(41)39-17-11-29(28-48)22-42(39)46)45-50-43(49-44(51-45)36-10-6-9-35(23-36)33-7-4-3-5-8-33)34-12-15-38(16-13-34)47-25-30-19-31(26-47)21-32(20-30)27-47/h3-18,22-24,30-32H,19-21,25-27H2,1-2H3/t30-,31+,32-,47?. The fraction of sp³-hybridized carbons (Fsp3) is 0.277. The highest BCUT2D eigenvalue weighted by atomic mass is 15.0. The summed E-state index contributed by atoms with van der Waals surface area (Å²) in [5.74, 6) is 4.75. The van der Waals surface area contributed by atoms with Crippen LogP contribution in [-0.4, -0.2) is 15.0 Å². The zero-order valence-electron chi connectivity index (χ0n) is 29.2. The van der Waals surface area contributed by atoms with Gasteiger partial charge in [-0.3, -0.25) is 0 Å². The average molecular weight is 661 g/mol. The largest absolute Gasteiger partial charge is 0.208 e. The summed E-state index contributed by atoms with van der Waals surface area (Å²) in [6, 6.07) is 43.2. The fourth-order valence-corrected chi connectivity index (χ4v) is 10.6. The Morgan fingerprint density at radius 3 is 1.78 bits per heavy atom. The van der Waals surface area contributed by atoms with Gasteiger partial charge in [0.15, 0.2) is 17.5 Å². The molecule has 1 heterocycles. The predicted molar refractivity (Wildman–Crippen MR) is 204 cm³/mol. The van der Waals surface area contributed by atoms with Crippen molar-refractivity contribution < 1.29 is 0 Å². The van der Waals surface area contributed by atoms with Crippen LogP contribution in [0.25, 0.3) is 56.4 Å². The van der Waals surface area contributed by atoms with Gasteiger partial charge >= 0.3 is 0 Å². The molecule has 0 N–H and O–H groups in total. The Labute approximate surface area is 300 Å². The van der Waals surface area contributed by atoms with E-state index in [1.165, 1.54) is 66.3 Å². The number of nitriles is 1. The molecule has 5 aliphatic carbocycles. The maximum atomic E-state index is 9.63. The van der Waals surface area contributed by atoms with Gasteiger partial charge in [-0.1, -0.05) is 105 Å². The van der Waals surface area contributed by atoms with Crippen molar-refractivity contribution in [2.45, 2.75) is 63.2 Å². The van der Waals surface area contributed by atoms with Crippen LogP contribution in [0.3, 0.4) is 0 Å². The zero-order chi connectivity index (χ0) is 34.3. The summed E-state index contributed by atoms with van der Waals surface area (Å²) < 4.78 is 0. The maximum Gasteiger partial charge on any atom is 0.164 e. The van der Waals surface area contributed by atoms with E-state index in [4.69, 9.17) is 15.0 Å². The number of hydrogen-bond donors (Lipinski definition) is 0. The Kier molecular flexibility index (Phi) is 6.74. The molecule has 248 valence electrons. The van der Waals surface area contributed by atoms with Gasteiger partial charge in [-0.15, -0.1) is 0 Å². The van der Waals surface area contributed by atoms with Gasteiger partial charge in [0.25, 0.3) is 0 Å².